The molecule has 0 heterocycles. The van der Waals surface area contributed by atoms with Crippen LogP contribution < -0.4 is 4.74 Å². The van der Waals surface area contributed by atoms with Crippen molar-refractivity contribution in [2.24, 2.45) is 0 Å². The molecule has 16 heteroatoms. The summed E-state index contributed by atoms with van der Waals surface area (Å²) in [6.07, 6.45) is -5.21. The Morgan fingerprint density at radius 1 is 0.657 bits per heavy atom. The Balaban J connectivity index is 2.64. The van der Waals surface area contributed by atoms with E-state index in [9.17, 15) is 61.5 Å². The van der Waals surface area contributed by atoms with Crippen molar-refractivity contribution in [3.05, 3.63) is 63.5 Å². The zero-order chi connectivity index (χ0) is 27.4. The maximum atomic E-state index is 14.6. The van der Waals surface area contributed by atoms with Gasteiger partial charge in [-0.1, -0.05) is 0 Å². The number of rotatable bonds is 6. The van der Waals surface area contributed by atoms with Gasteiger partial charge in [-0.05, 0) is 13.8 Å². The molecule has 2 rings (SSSR count). The van der Waals surface area contributed by atoms with Gasteiger partial charge < -0.3 is 4.74 Å². The van der Waals surface area contributed by atoms with Crippen molar-refractivity contribution in [1.82, 2.24) is 0 Å². The van der Waals surface area contributed by atoms with Crippen molar-refractivity contribution in [2.45, 2.75) is 37.5 Å². The van der Waals surface area contributed by atoms with Gasteiger partial charge in [0.25, 0.3) is 0 Å². The topological polar surface area (TPSA) is 33.0 Å². The van der Waals surface area contributed by atoms with E-state index in [-0.39, 0.29) is 13.8 Å². The lowest BCUT2D eigenvalue weighted by Gasteiger charge is -2.38. The van der Waals surface area contributed by atoms with Crippen LogP contribution >= 0.6 is 0 Å². The van der Waals surface area contributed by atoms with Crippen LogP contribution in [0.2, 0.25) is 0 Å². The standard InChI is InChI=1S/C19H7F14NO/c1-17(2,35-15-13(27)6(20)4(3-34)7(21)14(15)28)19(32,33)16(29)18(30,31)5-8(22)10(24)12(26)11(25)9(5)23/h16H,1-2H3. The average Bonchev–Trinajstić information content (AvgIpc) is 2.77. The zero-order valence-electron chi connectivity index (χ0n) is 16.7. The quantitative estimate of drug-likeness (QED) is 0.235. The molecule has 35 heavy (non-hydrogen) atoms. The first kappa shape index (κ1) is 28.0. The van der Waals surface area contributed by atoms with Gasteiger partial charge in [-0.15, -0.1) is 0 Å². The van der Waals surface area contributed by atoms with Crippen LogP contribution in [-0.2, 0) is 5.92 Å². The summed E-state index contributed by atoms with van der Waals surface area (Å²) >= 11 is 0. The first-order valence-corrected chi connectivity index (χ1v) is 8.63. The van der Waals surface area contributed by atoms with Crippen LogP contribution in [-0.4, -0.2) is 17.7 Å². The minimum Gasteiger partial charge on any atom is -0.475 e. The molecule has 0 bridgehead atoms. The second kappa shape index (κ2) is 8.76. The molecule has 0 saturated carbocycles. The smallest absolute Gasteiger partial charge is 0.323 e. The normalized spacial score (nSPS) is 13.6. The summed E-state index contributed by atoms with van der Waals surface area (Å²) in [4.78, 5) is 0. The number of ether oxygens (including phenoxy) is 1. The Morgan fingerprint density at radius 3 is 1.40 bits per heavy atom. The summed E-state index contributed by atoms with van der Waals surface area (Å²) in [7, 11) is 0. The molecule has 0 amide bonds. The Bertz CT molecular complexity index is 1180. The molecular weight excluding hydrogens is 524 g/mol. The molecule has 2 nitrogen and oxygen atoms in total. The maximum Gasteiger partial charge on any atom is 0.323 e. The van der Waals surface area contributed by atoms with Crippen LogP contribution in [0.25, 0.3) is 0 Å². The number of hydrogen-bond donors (Lipinski definition) is 0. The third-order valence-electron chi connectivity index (χ3n) is 4.67. The van der Waals surface area contributed by atoms with Gasteiger partial charge in [0.05, 0.1) is 0 Å². The number of halogens is 14. The summed E-state index contributed by atoms with van der Waals surface area (Å²) in [5.41, 5.74) is -9.13. The highest BCUT2D eigenvalue weighted by molar-refractivity contribution is 5.41. The highest BCUT2D eigenvalue weighted by Gasteiger charge is 2.67. The summed E-state index contributed by atoms with van der Waals surface area (Å²) in [6, 6.07) is 0.694. The van der Waals surface area contributed by atoms with Gasteiger partial charge in [-0.2, -0.15) is 31.6 Å². The van der Waals surface area contributed by atoms with E-state index in [1.54, 1.807) is 0 Å². The molecule has 0 fully saturated rings. The summed E-state index contributed by atoms with van der Waals surface area (Å²) in [5, 5.41) is 8.48. The molecule has 2 aromatic rings. The fourth-order valence-corrected chi connectivity index (χ4v) is 2.68. The number of nitrogens with zero attached hydrogens (tertiary/aromatic N) is 1. The van der Waals surface area contributed by atoms with Gasteiger partial charge >= 0.3 is 11.8 Å². The van der Waals surface area contributed by atoms with Crippen molar-refractivity contribution in [2.75, 3.05) is 0 Å². The van der Waals surface area contributed by atoms with E-state index in [0.717, 1.165) is 0 Å². The molecule has 0 aromatic heterocycles. The van der Waals surface area contributed by atoms with Gasteiger partial charge in [0.15, 0.2) is 46.3 Å². The third kappa shape index (κ3) is 4.10. The van der Waals surface area contributed by atoms with Crippen molar-refractivity contribution in [3.8, 4) is 11.8 Å². The average molecular weight is 531 g/mol. The molecule has 0 spiro atoms. The van der Waals surface area contributed by atoms with Crippen molar-refractivity contribution in [3.63, 3.8) is 0 Å². The summed E-state index contributed by atoms with van der Waals surface area (Å²) in [6.45, 7) is -0.137. The molecule has 192 valence electrons. The zero-order valence-corrected chi connectivity index (χ0v) is 16.7. The molecular formula is C19H7F14NO. The van der Waals surface area contributed by atoms with Crippen LogP contribution in [0.5, 0.6) is 5.75 Å². The number of nitriles is 1. The third-order valence-corrected chi connectivity index (χ3v) is 4.67. The molecule has 0 radical (unpaired) electrons. The van der Waals surface area contributed by atoms with Crippen LogP contribution in [0, 0.1) is 63.7 Å². The number of benzene rings is 2. The minimum absolute atomic E-state index is 0.0684. The van der Waals surface area contributed by atoms with Gasteiger partial charge in [0.1, 0.15) is 17.2 Å². The highest BCUT2D eigenvalue weighted by atomic mass is 19.3. The van der Waals surface area contributed by atoms with E-state index in [1.165, 1.54) is 0 Å². The predicted molar refractivity (Wildman–Crippen MR) is 85.7 cm³/mol. The first-order chi connectivity index (χ1) is 15.8. The van der Waals surface area contributed by atoms with Gasteiger partial charge in [0.2, 0.25) is 23.6 Å². The lowest BCUT2D eigenvalue weighted by molar-refractivity contribution is -0.247. The van der Waals surface area contributed by atoms with Crippen molar-refractivity contribution in [1.29, 1.82) is 5.26 Å². The molecule has 0 saturated heterocycles. The lowest BCUT2D eigenvalue weighted by Crippen LogP contribution is -2.58. The van der Waals surface area contributed by atoms with Gasteiger partial charge in [-0.25, -0.2) is 35.1 Å². The summed E-state index contributed by atoms with van der Waals surface area (Å²) < 4.78 is 199. The van der Waals surface area contributed by atoms with Crippen LogP contribution in [0.1, 0.15) is 25.0 Å². The Hall–Kier alpha value is -3.25. The van der Waals surface area contributed by atoms with Crippen LogP contribution in [0.4, 0.5) is 61.5 Å². The second-order valence-corrected chi connectivity index (χ2v) is 7.24. The van der Waals surface area contributed by atoms with E-state index in [2.05, 4.69) is 4.74 Å². The van der Waals surface area contributed by atoms with E-state index < -0.39 is 92.8 Å². The Morgan fingerprint density at radius 2 is 1.03 bits per heavy atom. The van der Waals surface area contributed by atoms with Crippen LogP contribution in [0.3, 0.4) is 0 Å². The summed E-state index contributed by atoms with van der Waals surface area (Å²) in [5.74, 6) is -40.3. The molecule has 2 aromatic carbocycles. The second-order valence-electron chi connectivity index (χ2n) is 7.24. The number of alkyl halides is 5. The maximum absolute atomic E-state index is 14.6. The predicted octanol–water partition coefficient (Wildman–Crippen LogP) is 6.73. The fourth-order valence-electron chi connectivity index (χ4n) is 2.68. The van der Waals surface area contributed by atoms with E-state index in [0.29, 0.717) is 6.07 Å². The van der Waals surface area contributed by atoms with Crippen LogP contribution in [0.15, 0.2) is 0 Å². The van der Waals surface area contributed by atoms with Crippen molar-refractivity contribution >= 4 is 0 Å². The molecule has 1 atom stereocenters. The molecule has 1 unspecified atom stereocenters. The monoisotopic (exact) mass is 531 g/mol. The molecule has 0 aliphatic rings. The van der Waals surface area contributed by atoms with E-state index in [1.807, 2.05) is 0 Å². The first-order valence-electron chi connectivity index (χ1n) is 8.63. The molecule has 0 aliphatic carbocycles. The minimum atomic E-state index is -6.20. The Labute approximate surface area is 185 Å². The fraction of sp³-hybridized carbons (Fsp3) is 0.316. The van der Waals surface area contributed by atoms with Gasteiger partial charge in [0, 0.05) is 0 Å². The number of hydrogen-bond acceptors (Lipinski definition) is 2. The van der Waals surface area contributed by atoms with Gasteiger partial charge in [-0.3, -0.25) is 0 Å². The molecule has 0 N–H and O–H groups in total. The van der Waals surface area contributed by atoms with E-state index in [4.69, 9.17) is 5.26 Å². The highest BCUT2D eigenvalue weighted by Crippen LogP contribution is 2.49. The van der Waals surface area contributed by atoms with Crippen molar-refractivity contribution < 1.29 is 66.2 Å². The van der Waals surface area contributed by atoms with E-state index >= 15 is 0 Å². The molecule has 0 aliphatic heterocycles. The SMILES string of the molecule is CC(C)(Oc1c(F)c(F)c(C#N)c(F)c1F)C(F)(F)C(F)C(F)(F)c1c(F)c(F)c(F)c(F)c1F. The largest absolute Gasteiger partial charge is 0.475 e. The Kier molecular flexibility index (Phi) is 7.00. The lowest BCUT2D eigenvalue weighted by atomic mass is 9.89.